The Morgan fingerprint density at radius 2 is 1.89 bits per heavy atom. The maximum absolute atomic E-state index is 11.4. The van der Waals surface area contributed by atoms with E-state index in [0.29, 0.717) is 11.3 Å². The molecule has 0 unspecified atom stereocenters. The SMILES string of the molecule is C=C(C)C(=O)Oc1ccc([S+]2CCOCC2)cc1. The minimum Gasteiger partial charge on any atom is -0.423 e. The van der Waals surface area contributed by atoms with Crippen molar-refractivity contribution in [3.05, 3.63) is 36.4 Å². The minimum absolute atomic E-state index is 0.279. The molecule has 3 nitrogen and oxygen atoms in total. The molecule has 0 spiro atoms. The van der Waals surface area contributed by atoms with Crippen molar-refractivity contribution >= 4 is 16.9 Å². The molecule has 0 atom stereocenters. The molecule has 0 saturated carbocycles. The fraction of sp³-hybridized carbons (Fsp3) is 0.357. The van der Waals surface area contributed by atoms with Gasteiger partial charge in [0.05, 0.1) is 13.2 Å². The van der Waals surface area contributed by atoms with Crippen LogP contribution in [0.3, 0.4) is 0 Å². The van der Waals surface area contributed by atoms with Gasteiger partial charge in [-0.15, -0.1) is 0 Å². The lowest BCUT2D eigenvalue weighted by atomic mass is 10.3. The van der Waals surface area contributed by atoms with Gasteiger partial charge in [-0.2, -0.15) is 0 Å². The zero-order valence-corrected chi connectivity index (χ0v) is 11.3. The van der Waals surface area contributed by atoms with Gasteiger partial charge in [0.1, 0.15) is 17.3 Å². The van der Waals surface area contributed by atoms with Gasteiger partial charge >= 0.3 is 5.97 Å². The van der Waals surface area contributed by atoms with Gasteiger partial charge in [0.15, 0.2) is 4.90 Å². The summed E-state index contributed by atoms with van der Waals surface area (Å²) in [6.07, 6.45) is 0. The van der Waals surface area contributed by atoms with E-state index in [4.69, 9.17) is 9.47 Å². The summed E-state index contributed by atoms with van der Waals surface area (Å²) >= 11 is 0. The van der Waals surface area contributed by atoms with E-state index in [1.165, 1.54) is 4.90 Å². The second-order valence-electron chi connectivity index (χ2n) is 4.15. The first-order chi connectivity index (χ1) is 8.66. The van der Waals surface area contributed by atoms with E-state index >= 15 is 0 Å². The summed E-state index contributed by atoms with van der Waals surface area (Å²) in [7, 11) is 0.279. The topological polar surface area (TPSA) is 35.5 Å². The van der Waals surface area contributed by atoms with Crippen LogP contribution < -0.4 is 4.74 Å². The Hall–Kier alpha value is -1.26. The average molecular weight is 265 g/mol. The second-order valence-corrected chi connectivity index (χ2v) is 6.43. The van der Waals surface area contributed by atoms with Gasteiger partial charge in [-0.1, -0.05) is 6.58 Å². The van der Waals surface area contributed by atoms with E-state index in [9.17, 15) is 4.79 Å². The number of carbonyl (C=O) groups excluding carboxylic acids is 1. The van der Waals surface area contributed by atoms with Gasteiger partial charge in [0.25, 0.3) is 0 Å². The summed E-state index contributed by atoms with van der Waals surface area (Å²) in [6, 6.07) is 7.77. The van der Waals surface area contributed by atoms with E-state index in [1.54, 1.807) is 6.92 Å². The first-order valence-corrected chi connectivity index (χ1v) is 7.46. The van der Waals surface area contributed by atoms with E-state index in [2.05, 4.69) is 6.58 Å². The molecule has 1 saturated heterocycles. The number of esters is 1. The minimum atomic E-state index is -0.378. The normalized spacial score (nSPS) is 16.3. The standard InChI is InChI=1S/C14H17O3S/c1-11(2)14(15)17-12-3-5-13(6-4-12)18-9-7-16-8-10-18/h3-6H,1,7-10H2,2H3/q+1. The molecule has 1 heterocycles. The first kappa shape index (κ1) is 13.2. The van der Waals surface area contributed by atoms with Crippen molar-refractivity contribution in [2.24, 2.45) is 0 Å². The van der Waals surface area contributed by atoms with Crippen molar-refractivity contribution in [3.8, 4) is 5.75 Å². The second kappa shape index (κ2) is 6.07. The summed E-state index contributed by atoms with van der Waals surface area (Å²) in [5, 5.41) is 0. The summed E-state index contributed by atoms with van der Waals surface area (Å²) in [4.78, 5) is 12.7. The number of hydrogen-bond donors (Lipinski definition) is 0. The van der Waals surface area contributed by atoms with E-state index in [-0.39, 0.29) is 16.9 Å². The molecule has 0 aromatic heterocycles. The van der Waals surface area contributed by atoms with Crippen LogP contribution in [0.4, 0.5) is 0 Å². The Morgan fingerprint density at radius 3 is 2.44 bits per heavy atom. The highest BCUT2D eigenvalue weighted by molar-refractivity contribution is 7.97. The number of ether oxygens (including phenoxy) is 2. The zero-order chi connectivity index (χ0) is 13.0. The quantitative estimate of drug-likeness (QED) is 0.364. The van der Waals surface area contributed by atoms with Crippen LogP contribution >= 0.6 is 0 Å². The fourth-order valence-corrected chi connectivity index (χ4v) is 3.49. The number of hydrogen-bond acceptors (Lipinski definition) is 3. The monoisotopic (exact) mass is 265 g/mol. The third kappa shape index (κ3) is 3.37. The lowest BCUT2D eigenvalue weighted by Gasteiger charge is -2.14. The van der Waals surface area contributed by atoms with Gasteiger partial charge in [-0.3, -0.25) is 0 Å². The van der Waals surface area contributed by atoms with Crippen molar-refractivity contribution in [1.82, 2.24) is 0 Å². The van der Waals surface area contributed by atoms with Crippen LogP contribution in [-0.4, -0.2) is 30.7 Å². The summed E-state index contributed by atoms with van der Waals surface area (Å²) in [5.74, 6) is 2.37. The van der Waals surface area contributed by atoms with Crippen LogP contribution in [0.1, 0.15) is 6.92 Å². The predicted octanol–water partition coefficient (Wildman–Crippen LogP) is 2.18. The molecular weight excluding hydrogens is 248 g/mol. The lowest BCUT2D eigenvalue weighted by molar-refractivity contribution is -0.130. The Labute approximate surface area is 110 Å². The fourth-order valence-electron chi connectivity index (χ4n) is 1.65. The first-order valence-electron chi connectivity index (χ1n) is 5.90. The molecular formula is C14H17O3S+. The average Bonchev–Trinajstić information content (AvgIpc) is 2.40. The number of benzene rings is 1. The Kier molecular flexibility index (Phi) is 4.44. The maximum atomic E-state index is 11.4. The van der Waals surface area contributed by atoms with Crippen LogP contribution in [0.25, 0.3) is 0 Å². The van der Waals surface area contributed by atoms with Crippen molar-refractivity contribution in [3.63, 3.8) is 0 Å². The van der Waals surface area contributed by atoms with Gasteiger partial charge in [0, 0.05) is 16.5 Å². The molecule has 2 rings (SSSR count). The third-order valence-corrected chi connectivity index (χ3v) is 4.92. The van der Waals surface area contributed by atoms with Gasteiger partial charge in [-0.05, 0) is 31.2 Å². The Balaban J connectivity index is 2.00. The molecule has 0 amide bonds. The maximum Gasteiger partial charge on any atom is 0.338 e. The highest BCUT2D eigenvalue weighted by Crippen LogP contribution is 2.21. The largest absolute Gasteiger partial charge is 0.423 e. The van der Waals surface area contributed by atoms with Gasteiger partial charge < -0.3 is 9.47 Å². The molecule has 1 fully saturated rings. The number of rotatable bonds is 3. The van der Waals surface area contributed by atoms with E-state index < -0.39 is 0 Å². The van der Waals surface area contributed by atoms with Crippen molar-refractivity contribution in [2.75, 3.05) is 24.7 Å². The van der Waals surface area contributed by atoms with E-state index in [0.717, 1.165) is 24.7 Å². The molecule has 1 aliphatic rings. The van der Waals surface area contributed by atoms with Crippen LogP contribution in [0.5, 0.6) is 5.75 Å². The molecule has 1 aromatic rings. The lowest BCUT2D eigenvalue weighted by Crippen LogP contribution is -2.26. The molecule has 0 bridgehead atoms. The highest BCUT2D eigenvalue weighted by atomic mass is 32.2. The molecule has 0 N–H and O–H groups in total. The van der Waals surface area contributed by atoms with Gasteiger partial charge in [0.2, 0.25) is 0 Å². The summed E-state index contributed by atoms with van der Waals surface area (Å²) in [6.45, 7) is 6.88. The summed E-state index contributed by atoms with van der Waals surface area (Å²) in [5.41, 5.74) is 0.408. The highest BCUT2D eigenvalue weighted by Gasteiger charge is 2.25. The molecule has 4 heteroatoms. The molecule has 0 radical (unpaired) electrons. The van der Waals surface area contributed by atoms with Crippen LogP contribution in [0.15, 0.2) is 41.3 Å². The zero-order valence-electron chi connectivity index (χ0n) is 10.5. The van der Waals surface area contributed by atoms with Gasteiger partial charge in [-0.25, -0.2) is 4.79 Å². The van der Waals surface area contributed by atoms with Crippen molar-refractivity contribution < 1.29 is 14.3 Å². The Morgan fingerprint density at radius 1 is 1.28 bits per heavy atom. The smallest absolute Gasteiger partial charge is 0.338 e. The Bertz CT molecular complexity index is 433. The van der Waals surface area contributed by atoms with Crippen molar-refractivity contribution in [2.45, 2.75) is 11.8 Å². The molecule has 1 aromatic carbocycles. The van der Waals surface area contributed by atoms with E-state index in [1.807, 2.05) is 24.3 Å². The van der Waals surface area contributed by atoms with Crippen molar-refractivity contribution in [1.29, 1.82) is 0 Å². The summed E-state index contributed by atoms with van der Waals surface area (Å²) < 4.78 is 10.5. The molecule has 18 heavy (non-hydrogen) atoms. The predicted molar refractivity (Wildman–Crippen MR) is 73.1 cm³/mol. The molecule has 96 valence electrons. The molecule has 0 aliphatic carbocycles. The van der Waals surface area contributed by atoms with Crippen LogP contribution in [0, 0.1) is 0 Å². The van der Waals surface area contributed by atoms with Crippen LogP contribution in [0.2, 0.25) is 0 Å². The molecule has 1 aliphatic heterocycles. The van der Waals surface area contributed by atoms with Crippen LogP contribution in [-0.2, 0) is 20.4 Å². The third-order valence-electron chi connectivity index (χ3n) is 2.66. The number of carbonyl (C=O) groups is 1.